The van der Waals surface area contributed by atoms with E-state index < -0.39 is 0 Å². The number of H-pyrrole nitrogens is 1. The van der Waals surface area contributed by atoms with Crippen LogP contribution in [0.3, 0.4) is 0 Å². The molecule has 1 heterocycles. The number of hydrogen-bond donors (Lipinski definition) is 2. The monoisotopic (exact) mass is 256 g/mol. The molecule has 2 N–H and O–H groups in total. The van der Waals surface area contributed by atoms with Crippen LogP contribution in [0.25, 0.3) is 10.9 Å². The van der Waals surface area contributed by atoms with Gasteiger partial charge >= 0.3 is 0 Å². The summed E-state index contributed by atoms with van der Waals surface area (Å²) in [5.74, 6) is 0.129. The zero-order chi connectivity index (χ0) is 13.3. The van der Waals surface area contributed by atoms with Crippen molar-refractivity contribution >= 4 is 16.8 Å². The van der Waals surface area contributed by atoms with Gasteiger partial charge in [-0.1, -0.05) is 25.1 Å². The van der Waals surface area contributed by atoms with Crippen molar-refractivity contribution in [2.45, 2.75) is 32.6 Å². The first-order valence-electron chi connectivity index (χ1n) is 7.04. The first-order valence-corrected chi connectivity index (χ1v) is 7.04. The van der Waals surface area contributed by atoms with Crippen molar-refractivity contribution in [2.24, 2.45) is 5.41 Å². The van der Waals surface area contributed by atoms with E-state index in [-0.39, 0.29) is 5.91 Å². The molecule has 1 aliphatic carbocycles. The van der Waals surface area contributed by atoms with Crippen LogP contribution in [0.2, 0.25) is 0 Å². The molecular formula is C16H20N2O. The average Bonchev–Trinajstić information content (AvgIpc) is 3.13. The van der Waals surface area contributed by atoms with Crippen molar-refractivity contribution in [2.75, 3.05) is 6.54 Å². The zero-order valence-corrected chi connectivity index (χ0v) is 11.3. The van der Waals surface area contributed by atoms with Crippen molar-refractivity contribution in [3.8, 4) is 0 Å². The van der Waals surface area contributed by atoms with Gasteiger partial charge in [0.2, 0.25) is 5.91 Å². The Morgan fingerprint density at radius 3 is 2.89 bits per heavy atom. The fourth-order valence-corrected chi connectivity index (χ4v) is 2.63. The highest BCUT2D eigenvalue weighted by molar-refractivity contribution is 5.88. The van der Waals surface area contributed by atoms with Crippen molar-refractivity contribution in [1.29, 1.82) is 0 Å². The summed E-state index contributed by atoms with van der Waals surface area (Å²) in [6.07, 6.45) is 6.09. The van der Waals surface area contributed by atoms with Gasteiger partial charge in [-0.05, 0) is 36.3 Å². The van der Waals surface area contributed by atoms with Crippen molar-refractivity contribution in [1.82, 2.24) is 10.3 Å². The lowest BCUT2D eigenvalue weighted by Gasteiger charge is -2.13. The van der Waals surface area contributed by atoms with E-state index in [2.05, 4.69) is 23.3 Å². The first kappa shape index (κ1) is 12.3. The highest BCUT2D eigenvalue weighted by Crippen LogP contribution is 2.47. The highest BCUT2D eigenvalue weighted by atomic mass is 16.1. The number of carbonyl (C=O) groups excluding carboxylic acids is 1. The van der Waals surface area contributed by atoms with Crippen LogP contribution < -0.4 is 5.32 Å². The molecule has 1 fully saturated rings. The zero-order valence-electron chi connectivity index (χ0n) is 11.3. The van der Waals surface area contributed by atoms with E-state index in [4.69, 9.17) is 0 Å². The molecule has 1 aromatic heterocycles. The number of hydrogen-bond acceptors (Lipinski definition) is 1. The largest absolute Gasteiger partial charge is 0.361 e. The van der Waals surface area contributed by atoms with Crippen molar-refractivity contribution in [3.63, 3.8) is 0 Å². The summed E-state index contributed by atoms with van der Waals surface area (Å²) in [4.78, 5) is 15.2. The molecule has 3 heteroatoms. The molecule has 2 aromatic rings. The van der Waals surface area contributed by atoms with Gasteiger partial charge in [0.25, 0.3) is 0 Å². The topological polar surface area (TPSA) is 44.9 Å². The minimum absolute atomic E-state index is 0.129. The fourth-order valence-electron chi connectivity index (χ4n) is 2.63. The van der Waals surface area contributed by atoms with Crippen LogP contribution in [-0.2, 0) is 11.2 Å². The Bertz CT molecular complexity index is 596. The Hall–Kier alpha value is -1.77. The van der Waals surface area contributed by atoms with Gasteiger partial charge < -0.3 is 10.3 Å². The van der Waals surface area contributed by atoms with Gasteiger partial charge in [0, 0.05) is 23.6 Å². The number of nitrogens with one attached hydrogen (secondary N) is 2. The van der Waals surface area contributed by atoms with Gasteiger partial charge in [-0.2, -0.15) is 0 Å². The Kier molecular flexibility index (Phi) is 3.05. The first-order chi connectivity index (χ1) is 9.22. The van der Waals surface area contributed by atoms with Crippen LogP contribution in [0.15, 0.2) is 30.5 Å². The maximum absolute atomic E-state index is 12.0. The van der Waals surface area contributed by atoms with Crippen LogP contribution in [0.5, 0.6) is 0 Å². The van der Waals surface area contributed by atoms with Crippen LogP contribution in [0.4, 0.5) is 0 Å². The van der Waals surface area contributed by atoms with Gasteiger partial charge in [0.05, 0.1) is 6.42 Å². The van der Waals surface area contributed by atoms with Crippen LogP contribution in [-0.4, -0.2) is 17.4 Å². The molecule has 3 rings (SSSR count). The summed E-state index contributed by atoms with van der Waals surface area (Å²) < 4.78 is 0. The minimum atomic E-state index is 0.129. The molecule has 1 amide bonds. The van der Waals surface area contributed by atoms with E-state index in [9.17, 15) is 4.79 Å². The van der Waals surface area contributed by atoms with Crippen molar-refractivity contribution < 1.29 is 4.79 Å². The molecule has 100 valence electrons. The number of amides is 1. The summed E-state index contributed by atoms with van der Waals surface area (Å²) in [7, 11) is 0. The second-order valence-corrected chi connectivity index (χ2v) is 5.67. The van der Waals surface area contributed by atoms with E-state index in [1.54, 1.807) is 0 Å². The minimum Gasteiger partial charge on any atom is -0.361 e. The van der Waals surface area contributed by atoms with Gasteiger partial charge in [-0.15, -0.1) is 0 Å². The summed E-state index contributed by atoms with van der Waals surface area (Å²) in [6.45, 7) is 3.05. The molecule has 1 aromatic carbocycles. The fraction of sp³-hybridized carbons (Fsp3) is 0.438. The molecule has 0 radical (unpaired) electrons. The van der Waals surface area contributed by atoms with Gasteiger partial charge in [-0.25, -0.2) is 0 Å². The molecule has 1 aliphatic rings. The molecule has 0 saturated heterocycles. The summed E-state index contributed by atoms with van der Waals surface area (Å²) in [5, 5.41) is 4.23. The summed E-state index contributed by atoms with van der Waals surface area (Å²) in [5.41, 5.74) is 2.59. The highest BCUT2D eigenvalue weighted by Gasteiger charge is 2.40. The number of para-hydroxylation sites is 1. The predicted octanol–water partition coefficient (Wildman–Crippen LogP) is 3.02. The van der Waals surface area contributed by atoms with Crippen molar-refractivity contribution in [3.05, 3.63) is 36.0 Å². The Balaban J connectivity index is 1.63. The molecule has 1 saturated carbocycles. The maximum atomic E-state index is 12.0. The van der Waals surface area contributed by atoms with Crippen LogP contribution in [0, 0.1) is 5.41 Å². The molecule has 3 nitrogen and oxygen atoms in total. The summed E-state index contributed by atoms with van der Waals surface area (Å²) >= 11 is 0. The molecular weight excluding hydrogens is 236 g/mol. The van der Waals surface area contributed by atoms with Crippen LogP contribution >= 0.6 is 0 Å². The Labute approximate surface area is 113 Å². The number of fused-ring (bicyclic) bond motifs is 1. The molecule has 19 heavy (non-hydrogen) atoms. The molecule has 0 bridgehead atoms. The maximum Gasteiger partial charge on any atom is 0.224 e. The van der Waals surface area contributed by atoms with E-state index in [1.165, 1.54) is 19.3 Å². The number of carbonyl (C=O) groups is 1. The predicted molar refractivity (Wildman–Crippen MR) is 77.0 cm³/mol. The summed E-state index contributed by atoms with van der Waals surface area (Å²) in [6, 6.07) is 8.10. The third kappa shape index (κ3) is 2.50. The lowest BCUT2D eigenvalue weighted by atomic mass is 10.0. The van der Waals surface area contributed by atoms with Gasteiger partial charge in [-0.3, -0.25) is 4.79 Å². The standard InChI is InChI=1S/C16H20N2O/c1-2-16(7-8-16)11-18-15(19)9-12-10-17-14-6-4-3-5-13(12)14/h3-6,10,17H,2,7-9,11H2,1H3,(H,18,19). The quantitative estimate of drug-likeness (QED) is 0.848. The Morgan fingerprint density at radius 1 is 1.37 bits per heavy atom. The third-order valence-corrected chi connectivity index (χ3v) is 4.39. The smallest absolute Gasteiger partial charge is 0.224 e. The Morgan fingerprint density at radius 2 is 2.16 bits per heavy atom. The second kappa shape index (κ2) is 4.72. The van der Waals surface area contributed by atoms with E-state index >= 15 is 0 Å². The van der Waals surface area contributed by atoms with E-state index in [0.717, 1.165) is 23.0 Å². The number of aromatic nitrogens is 1. The van der Waals surface area contributed by atoms with E-state index in [0.29, 0.717) is 11.8 Å². The lowest BCUT2D eigenvalue weighted by Crippen LogP contribution is -2.31. The van der Waals surface area contributed by atoms with E-state index in [1.807, 2.05) is 24.4 Å². The normalized spacial score (nSPS) is 16.5. The number of benzene rings is 1. The third-order valence-electron chi connectivity index (χ3n) is 4.39. The molecule has 0 aliphatic heterocycles. The number of aromatic amines is 1. The molecule has 0 spiro atoms. The van der Waals surface area contributed by atoms with Crippen LogP contribution in [0.1, 0.15) is 31.7 Å². The van der Waals surface area contributed by atoms with Gasteiger partial charge in [0.1, 0.15) is 0 Å². The molecule has 0 atom stereocenters. The SMILES string of the molecule is CCC1(CNC(=O)Cc2c[nH]c3ccccc23)CC1. The van der Waals surface area contributed by atoms with Gasteiger partial charge in [0.15, 0.2) is 0 Å². The number of rotatable bonds is 5. The average molecular weight is 256 g/mol. The second-order valence-electron chi connectivity index (χ2n) is 5.67. The lowest BCUT2D eigenvalue weighted by molar-refractivity contribution is -0.120. The molecule has 0 unspecified atom stereocenters.